The van der Waals surface area contributed by atoms with Gasteiger partial charge < -0.3 is 14.4 Å². The number of hydrogen-bond donors (Lipinski definition) is 0. The van der Waals surface area contributed by atoms with Crippen LogP contribution in [0, 0.1) is 6.92 Å². The highest BCUT2D eigenvalue weighted by Crippen LogP contribution is 2.32. The molecule has 0 spiro atoms. The van der Waals surface area contributed by atoms with Crippen molar-refractivity contribution in [2.75, 3.05) is 20.1 Å². The zero-order valence-electron chi connectivity index (χ0n) is 17.2. The van der Waals surface area contributed by atoms with Crippen LogP contribution in [0.3, 0.4) is 0 Å². The largest absolute Gasteiger partial charge is 0.331 e. The van der Waals surface area contributed by atoms with Gasteiger partial charge >= 0.3 is 0 Å². The van der Waals surface area contributed by atoms with Crippen molar-refractivity contribution >= 4 is 16.9 Å². The Morgan fingerprint density at radius 2 is 2.03 bits per heavy atom. The lowest BCUT2D eigenvalue weighted by atomic mass is 10.1. The van der Waals surface area contributed by atoms with Gasteiger partial charge in [0, 0.05) is 56.1 Å². The molecule has 7 heteroatoms. The first-order chi connectivity index (χ1) is 14.0. The number of amides is 1. The lowest BCUT2D eigenvalue weighted by Crippen LogP contribution is -2.32. The molecule has 5 rings (SSSR count). The maximum atomic E-state index is 13.3. The van der Waals surface area contributed by atoms with E-state index in [4.69, 9.17) is 4.98 Å². The van der Waals surface area contributed by atoms with Gasteiger partial charge in [-0.3, -0.25) is 4.79 Å². The average molecular weight is 390 g/mol. The summed E-state index contributed by atoms with van der Waals surface area (Å²) >= 11 is 0. The monoisotopic (exact) mass is 390 g/mol. The zero-order valence-corrected chi connectivity index (χ0v) is 17.2. The van der Waals surface area contributed by atoms with E-state index in [1.807, 2.05) is 47.8 Å². The summed E-state index contributed by atoms with van der Waals surface area (Å²) in [6.45, 7) is 4.63. The third kappa shape index (κ3) is 3.09. The molecule has 1 aromatic carbocycles. The Morgan fingerprint density at radius 1 is 1.17 bits per heavy atom. The molecule has 0 N–H and O–H groups in total. The molecule has 29 heavy (non-hydrogen) atoms. The quantitative estimate of drug-likeness (QED) is 0.673. The summed E-state index contributed by atoms with van der Waals surface area (Å²) in [7, 11) is 4.11. The van der Waals surface area contributed by atoms with Gasteiger partial charge in [0.2, 0.25) is 0 Å². The molecule has 1 atom stereocenters. The van der Waals surface area contributed by atoms with Crippen molar-refractivity contribution in [3.63, 3.8) is 0 Å². The molecule has 0 radical (unpaired) electrons. The van der Waals surface area contributed by atoms with Gasteiger partial charge in [0.05, 0.1) is 17.1 Å². The van der Waals surface area contributed by atoms with Crippen molar-refractivity contribution in [2.24, 2.45) is 7.05 Å². The highest BCUT2D eigenvalue weighted by Gasteiger charge is 2.33. The summed E-state index contributed by atoms with van der Waals surface area (Å²) < 4.78 is 2.04. The molecule has 3 aromatic rings. The third-order valence-corrected chi connectivity index (χ3v) is 6.31. The molecule has 0 saturated carbocycles. The number of fused-ring (bicyclic) bond motifs is 2. The fraction of sp³-hybridized carbons (Fsp3) is 0.455. The van der Waals surface area contributed by atoms with E-state index in [1.165, 1.54) is 5.56 Å². The number of rotatable bonds is 2. The summed E-state index contributed by atoms with van der Waals surface area (Å²) in [5.74, 6) is 1.77. The number of aryl methyl sites for hydroxylation is 2. The van der Waals surface area contributed by atoms with Gasteiger partial charge in [-0.05, 0) is 45.0 Å². The van der Waals surface area contributed by atoms with Crippen molar-refractivity contribution in [1.82, 2.24) is 29.3 Å². The lowest BCUT2D eigenvalue weighted by Gasteiger charge is -2.27. The molecule has 2 aliphatic rings. The molecule has 150 valence electrons. The number of likely N-dealkylation sites (N-methyl/N-ethyl adjacent to an activating group) is 1. The zero-order chi connectivity index (χ0) is 20.1. The van der Waals surface area contributed by atoms with Gasteiger partial charge in [-0.15, -0.1) is 0 Å². The molecule has 1 fully saturated rings. The predicted molar refractivity (Wildman–Crippen MR) is 111 cm³/mol. The van der Waals surface area contributed by atoms with Gasteiger partial charge in [0.15, 0.2) is 5.82 Å². The van der Waals surface area contributed by atoms with Crippen LogP contribution in [0.1, 0.15) is 52.1 Å². The first-order valence-corrected chi connectivity index (χ1v) is 10.3. The molecular weight excluding hydrogens is 364 g/mol. The Balaban J connectivity index is 1.44. The van der Waals surface area contributed by atoms with E-state index < -0.39 is 0 Å². The first kappa shape index (κ1) is 18.2. The van der Waals surface area contributed by atoms with Crippen LogP contribution in [0.2, 0.25) is 0 Å². The van der Waals surface area contributed by atoms with Gasteiger partial charge in [-0.1, -0.05) is 0 Å². The minimum absolute atomic E-state index is 0.0405. The van der Waals surface area contributed by atoms with E-state index in [2.05, 4.69) is 21.9 Å². The summed E-state index contributed by atoms with van der Waals surface area (Å²) in [6, 6.07) is 5.75. The summed E-state index contributed by atoms with van der Waals surface area (Å²) in [5.41, 5.74) is 4.93. The van der Waals surface area contributed by atoms with E-state index in [0.29, 0.717) is 5.56 Å². The van der Waals surface area contributed by atoms with Crippen molar-refractivity contribution < 1.29 is 4.79 Å². The average Bonchev–Trinajstić information content (AvgIpc) is 3.32. The summed E-state index contributed by atoms with van der Waals surface area (Å²) in [5, 5.41) is 0. The van der Waals surface area contributed by atoms with Crippen molar-refractivity contribution in [3.05, 3.63) is 52.9 Å². The number of carbonyl (C=O) groups excluding carboxylic acids is 1. The normalized spacial score (nSPS) is 19.7. The number of nitrogens with zero attached hydrogens (tertiary/aromatic N) is 6. The molecule has 4 heterocycles. The van der Waals surface area contributed by atoms with Crippen LogP contribution in [0.5, 0.6) is 0 Å². The molecule has 7 nitrogen and oxygen atoms in total. The van der Waals surface area contributed by atoms with Crippen LogP contribution < -0.4 is 0 Å². The highest BCUT2D eigenvalue weighted by atomic mass is 16.2. The number of aromatic nitrogens is 4. The second-order valence-electron chi connectivity index (χ2n) is 8.27. The van der Waals surface area contributed by atoms with E-state index in [9.17, 15) is 4.79 Å². The summed E-state index contributed by atoms with van der Waals surface area (Å²) in [4.78, 5) is 31.7. The highest BCUT2D eigenvalue weighted by molar-refractivity contribution is 5.97. The number of likely N-dealkylation sites (tertiary alicyclic amines) is 1. The predicted octanol–water partition coefficient (Wildman–Crippen LogP) is 2.64. The topological polar surface area (TPSA) is 67.2 Å². The Morgan fingerprint density at radius 3 is 2.90 bits per heavy atom. The number of carbonyl (C=O) groups is 1. The summed E-state index contributed by atoms with van der Waals surface area (Å²) in [6.07, 6.45) is 4.79. The second-order valence-corrected chi connectivity index (χ2v) is 8.27. The van der Waals surface area contributed by atoms with Crippen molar-refractivity contribution in [3.8, 4) is 0 Å². The second kappa shape index (κ2) is 6.91. The van der Waals surface area contributed by atoms with Gasteiger partial charge in [-0.2, -0.15) is 0 Å². The lowest BCUT2D eigenvalue weighted by molar-refractivity contribution is 0.0729. The van der Waals surface area contributed by atoms with Crippen LogP contribution in [-0.4, -0.2) is 55.4 Å². The molecule has 2 aliphatic heterocycles. The van der Waals surface area contributed by atoms with Crippen LogP contribution in [-0.2, 0) is 20.0 Å². The number of imidazole rings is 1. The fourth-order valence-corrected chi connectivity index (χ4v) is 4.53. The van der Waals surface area contributed by atoms with Gasteiger partial charge in [0.25, 0.3) is 5.91 Å². The Hall–Kier alpha value is -2.80. The van der Waals surface area contributed by atoms with Crippen molar-refractivity contribution in [2.45, 2.75) is 38.8 Å². The standard InChI is InChI=1S/C22H26N6O/c1-14-24-18-11-15(6-7-19(18)27(14)3)22(29)28-9-4-5-20(28)21-23-12-16-13-26(2)10-8-17(16)25-21/h6-7,11-12,20H,4-5,8-10,13H2,1-3H3. The van der Waals surface area contributed by atoms with Crippen LogP contribution >= 0.6 is 0 Å². The molecule has 1 saturated heterocycles. The van der Waals surface area contributed by atoms with Crippen LogP contribution in [0.25, 0.3) is 11.0 Å². The minimum atomic E-state index is -0.0476. The molecule has 2 aromatic heterocycles. The maximum Gasteiger partial charge on any atom is 0.254 e. The van der Waals surface area contributed by atoms with Gasteiger partial charge in [0.1, 0.15) is 5.82 Å². The molecule has 0 bridgehead atoms. The maximum absolute atomic E-state index is 13.3. The van der Waals surface area contributed by atoms with Crippen molar-refractivity contribution in [1.29, 1.82) is 0 Å². The third-order valence-electron chi connectivity index (χ3n) is 6.31. The van der Waals surface area contributed by atoms with Gasteiger partial charge in [-0.25, -0.2) is 15.0 Å². The molecule has 0 aliphatic carbocycles. The van der Waals surface area contributed by atoms with E-state index in [0.717, 1.165) is 67.3 Å². The Bertz CT molecular complexity index is 1100. The van der Waals surface area contributed by atoms with E-state index in [-0.39, 0.29) is 11.9 Å². The Labute approximate surface area is 170 Å². The Kier molecular flexibility index (Phi) is 4.35. The van der Waals surface area contributed by atoms with Crippen LogP contribution in [0.15, 0.2) is 24.4 Å². The van der Waals surface area contributed by atoms with Crippen LogP contribution in [0.4, 0.5) is 0 Å². The SMILES string of the molecule is Cc1nc2cc(C(=O)N3CCCC3c3ncc4c(n3)CCN(C)C4)ccc2n1C. The smallest absolute Gasteiger partial charge is 0.254 e. The minimum Gasteiger partial charge on any atom is -0.331 e. The molecule has 1 unspecified atom stereocenters. The fourth-order valence-electron chi connectivity index (χ4n) is 4.53. The number of benzene rings is 1. The van der Waals surface area contributed by atoms with E-state index in [1.54, 1.807) is 0 Å². The molecular formula is C22H26N6O. The molecule has 1 amide bonds. The number of hydrogen-bond acceptors (Lipinski definition) is 5. The van der Waals surface area contributed by atoms with E-state index >= 15 is 0 Å². The first-order valence-electron chi connectivity index (χ1n) is 10.3.